The first-order chi connectivity index (χ1) is 12.6. The van der Waals surface area contributed by atoms with E-state index in [4.69, 9.17) is 21.1 Å². The molecule has 0 aliphatic rings. The molecule has 26 heavy (non-hydrogen) atoms. The van der Waals surface area contributed by atoms with Gasteiger partial charge in [-0.25, -0.2) is 0 Å². The molecule has 1 N–H and O–H groups in total. The summed E-state index contributed by atoms with van der Waals surface area (Å²) >= 11 is 6.07. The van der Waals surface area contributed by atoms with Crippen LogP contribution >= 0.6 is 11.6 Å². The molecule has 4 nitrogen and oxygen atoms in total. The van der Waals surface area contributed by atoms with Crippen molar-refractivity contribution in [2.45, 2.75) is 13.0 Å². The molecular weight excluding hydrogens is 350 g/mol. The molecule has 0 spiro atoms. The molecule has 0 aliphatic carbocycles. The number of benzene rings is 3. The highest BCUT2D eigenvalue weighted by Gasteiger charge is 2.18. The molecule has 0 saturated heterocycles. The Morgan fingerprint density at radius 3 is 2.23 bits per heavy atom. The van der Waals surface area contributed by atoms with Gasteiger partial charge in [0.15, 0.2) is 11.9 Å². The smallest absolute Gasteiger partial charge is 0.265 e. The molecule has 0 radical (unpaired) electrons. The standard InChI is InChI=1S/C21H18ClNO3/c1-15(25-19-13-7-5-11-17(19)22)21(24)23-18-12-6-8-14-20(18)26-16-9-3-2-4-10-16/h2-15H,1H3,(H,23,24)/t15-/m1/s1. The zero-order valence-corrected chi connectivity index (χ0v) is 14.9. The Morgan fingerprint density at radius 1 is 0.885 bits per heavy atom. The Hall–Kier alpha value is -2.98. The molecule has 0 saturated carbocycles. The molecule has 0 fully saturated rings. The normalized spacial score (nSPS) is 11.5. The largest absolute Gasteiger partial charge is 0.479 e. The van der Waals surface area contributed by atoms with Crippen molar-refractivity contribution in [3.8, 4) is 17.2 Å². The Balaban J connectivity index is 1.70. The van der Waals surface area contributed by atoms with Crippen molar-refractivity contribution in [3.63, 3.8) is 0 Å². The van der Waals surface area contributed by atoms with E-state index in [2.05, 4.69) is 5.32 Å². The molecule has 0 aromatic heterocycles. The number of carbonyl (C=O) groups is 1. The fourth-order valence-electron chi connectivity index (χ4n) is 2.29. The highest BCUT2D eigenvalue weighted by Crippen LogP contribution is 2.29. The van der Waals surface area contributed by atoms with Crippen molar-refractivity contribution in [2.75, 3.05) is 5.32 Å². The van der Waals surface area contributed by atoms with Crippen molar-refractivity contribution >= 4 is 23.2 Å². The van der Waals surface area contributed by atoms with E-state index in [-0.39, 0.29) is 5.91 Å². The van der Waals surface area contributed by atoms with Crippen LogP contribution in [0.5, 0.6) is 17.2 Å². The van der Waals surface area contributed by atoms with Crippen LogP contribution in [0.3, 0.4) is 0 Å². The quantitative estimate of drug-likeness (QED) is 0.622. The number of nitrogens with one attached hydrogen (secondary N) is 1. The molecule has 3 aromatic rings. The van der Waals surface area contributed by atoms with Gasteiger partial charge in [0.05, 0.1) is 10.7 Å². The summed E-state index contributed by atoms with van der Waals surface area (Å²) in [5.41, 5.74) is 0.566. The minimum atomic E-state index is -0.723. The topological polar surface area (TPSA) is 47.6 Å². The predicted octanol–water partition coefficient (Wildman–Crippen LogP) is 5.54. The van der Waals surface area contributed by atoms with Crippen LogP contribution in [-0.4, -0.2) is 12.0 Å². The summed E-state index contributed by atoms with van der Waals surface area (Å²) in [7, 11) is 0. The van der Waals surface area contributed by atoms with Crippen molar-refractivity contribution in [1.82, 2.24) is 0 Å². The van der Waals surface area contributed by atoms with E-state index in [9.17, 15) is 4.79 Å². The number of hydrogen-bond acceptors (Lipinski definition) is 3. The summed E-state index contributed by atoms with van der Waals surface area (Å²) < 4.78 is 11.5. The lowest BCUT2D eigenvalue weighted by Crippen LogP contribution is -2.30. The van der Waals surface area contributed by atoms with Gasteiger partial charge in [0.25, 0.3) is 5.91 Å². The molecule has 132 valence electrons. The molecule has 1 atom stereocenters. The van der Waals surface area contributed by atoms with E-state index in [0.717, 1.165) is 0 Å². The predicted molar refractivity (Wildman–Crippen MR) is 103 cm³/mol. The van der Waals surface area contributed by atoms with Crippen LogP contribution in [0.2, 0.25) is 5.02 Å². The van der Waals surface area contributed by atoms with Gasteiger partial charge in [0.1, 0.15) is 11.5 Å². The summed E-state index contributed by atoms with van der Waals surface area (Å²) in [6.45, 7) is 1.67. The minimum Gasteiger partial charge on any atom is -0.479 e. The first-order valence-electron chi connectivity index (χ1n) is 8.17. The molecule has 0 unspecified atom stereocenters. The summed E-state index contributed by atoms with van der Waals surface area (Å²) in [6.07, 6.45) is -0.723. The third-order valence-electron chi connectivity index (χ3n) is 3.63. The fraction of sp³-hybridized carbons (Fsp3) is 0.0952. The summed E-state index contributed by atoms with van der Waals surface area (Å²) in [5.74, 6) is 1.41. The SMILES string of the molecule is C[C@@H](Oc1ccccc1Cl)C(=O)Nc1ccccc1Oc1ccccc1. The third-order valence-corrected chi connectivity index (χ3v) is 3.94. The Labute approximate surface area is 157 Å². The maximum atomic E-state index is 12.5. The minimum absolute atomic E-state index is 0.297. The van der Waals surface area contributed by atoms with Gasteiger partial charge in [-0.15, -0.1) is 0 Å². The number of rotatable bonds is 6. The van der Waals surface area contributed by atoms with E-state index in [1.165, 1.54) is 0 Å². The van der Waals surface area contributed by atoms with Crippen LogP contribution in [0.15, 0.2) is 78.9 Å². The van der Waals surface area contributed by atoms with Crippen LogP contribution in [0.1, 0.15) is 6.92 Å². The highest BCUT2D eigenvalue weighted by atomic mass is 35.5. The summed E-state index contributed by atoms with van der Waals surface area (Å²) in [4.78, 5) is 12.5. The lowest BCUT2D eigenvalue weighted by atomic mass is 10.2. The Bertz CT molecular complexity index is 883. The number of ether oxygens (including phenoxy) is 2. The Morgan fingerprint density at radius 2 is 1.50 bits per heavy atom. The summed E-state index contributed by atoms with van der Waals surface area (Å²) in [6, 6.07) is 23.7. The molecule has 0 aliphatic heterocycles. The van der Waals surface area contributed by atoms with Crippen molar-refractivity contribution in [2.24, 2.45) is 0 Å². The third kappa shape index (κ3) is 4.55. The molecule has 0 bridgehead atoms. The second kappa shape index (κ2) is 8.41. The van der Waals surface area contributed by atoms with Crippen LogP contribution in [-0.2, 0) is 4.79 Å². The van der Waals surface area contributed by atoms with Crippen molar-refractivity contribution in [3.05, 3.63) is 83.9 Å². The van der Waals surface area contributed by atoms with Crippen molar-refractivity contribution < 1.29 is 14.3 Å². The molecule has 0 heterocycles. The number of carbonyl (C=O) groups excluding carboxylic acids is 1. The van der Waals surface area contributed by atoms with Gasteiger partial charge in [-0.2, -0.15) is 0 Å². The van der Waals surface area contributed by atoms with Gasteiger partial charge in [-0.1, -0.05) is 54.1 Å². The van der Waals surface area contributed by atoms with Crippen LogP contribution in [0, 0.1) is 0 Å². The van der Waals surface area contributed by atoms with Crippen LogP contribution in [0.25, 0.3) is 0 Å². The van der Waals surface area contributed by atoms with E-state index in [0.29, 0.717) is 28.0 Å². The number of halogens is 1. The van der Waals surface area contributed by atoms with E-state index in [1.54, 1.807) is 43.3 Å². The Kier molecular flexibility index (Phi) is 5.77. The molecule has 5 heteroatoms. The molecule has 3 rings (SSSR count). The first-order valence-corrected chi connectivity index (χ1v) is 8.55. The van der Waals surface area contributed by atoms with Crippen molar-refractivity contribution in [1.29, 1.82) is 0 Å². The molecule has 3 aromatic carbocycles. The lowest BCUT2D eigenvalue weighted by Gasteiger charge is -2.17. The average molecular weight is 368 g/mol. The number of hydrogen-bond donors (Lipinski definition) is 1. The monoisotopic (exact) mass is 367 g/mol. The first kappa shape index (κ1) is 17.8. The van der Waals surface area contributed by atoms with Crippen LogP contribution < -0.4 is 14.8 Å². The van der Waals surface area contributed by atoms with Gasteiger partial charge in [-0.3, -0.25) is 4.79 Å². The lowest BCUT2D eigenvalue weighted by molar-refractivity contribution is -0.122. The van der Waals surface area contributed by atoms with E-state index >= 15 is 0 Å². The second-order valence-electron chi connectivity index (χ2n) is 5.59. The van der Waals surface area contributed by atoms with Gasteiger partial charge in [-0.05, 0) is 43.3 Å². The van der Waals surface area contributed by atoms with Gasteiger partial charge in [0, 0.05) is 0 Å². The highest BCUT2D eigenvalue weighted by molar-refractivity contribution is 6.32. The zero-order valence-electron chi connectivity index (χ0n) is 14.2. The van der Waals surface area contributed by atoms with Gasteiger partial charge >= 0.3 is 0 Å². The second-order valence-corrected chi connectivity index (χ2v) is 6.00. The molecule has 1 amide bonds. The van der Waals surface area contributed by atoms with Gasteiger partial charge in [0.2, 0.25) is 0 Å². The zero-order chi connectivity index (χ0) is 18.4. The maximum Gasteiger partial charge on any atom is 0.265 e. The van der Waals surface area contributed by atoms with Gasteiger partial charge < -0.3 is 14.8 Å². The molecular formula is C21H18ClNO3. The number of anilines is 1. The van der Waals surface area contributed by atoms with E-state index < -0.39 is 6.10 Å². The van der Waals surface area contributed by atoms with Crippen LogP contribution in [0.4, 0.5) is 5.69 Å². The van der Waals surface area contributed by atoms with E-state index in [1.807, 2.05) is 42.5 Å². The maximum absolute atomic E-state index is 12.5. The number of amides is 1. The number of para-hydroxylation sites is 4. The average Bonchev–Trinajstić information content (AvgIpc) is 2.66. The summed E-state index contributed by atoms with van der Waals surface area (Å²) in [5, 5.41) is 3.30. The fourth-order valence-corrected chi connectivity index (χ4v) is 2.47.